The number of nitrogens with one attached hydrogen (secondary N) is 1. The van der Waals surface area contributed by atoms with Crippen molar-refractivity contribution in [3.8, 4) is 0 Å². The number of rotatable bonds is 3. The van der Waals surface area contributed by atoms with Crippen molar-refractivity contribution in [2.24, 2.45) is 0 Å². The van der Waals surface area contributed by atoms with Crippen molar-refractivity contribution in [2.75, 3.05) is 12.4 Å². The Kier molecular flexibility index (Phi) is 3.50. The summed E-state index contributed by atoms with van der Waals surface area (Å²) in [4.78, 5) is 16.0. The monoisotopic (exact) mass is 302 g/mol. The van der Waals surface area contributed by atoms with Crippen LogP contribution in [0.25, 0.3) is 11.1 Å². The van der Waals surface area contributed by atoms with E-state index >= 15 is 0 Å². The molecule has 0 spiro atoms. The van der Waals surface area contributed by atoms with Gasteiger partial charge in [0.05, 0.1) is 7.11 Å². The topological polar surface area (TPSA) is 64.4 Å². The Morgan fingerprint density at radius 1 is 1.24 bits per heavy atom. The lowest BCUT2D eigenvalue weighted by molar-refractivity contribution is 0.0602. The lowest BCUT2D eigenvalue weighted by Gasteiger charge is -2.00. The van der Waals surface area contributed by atoms with E-state index in [4.69, 9.17) is 20.8 Å². The number of carbonyl (C=O) groups is 1. The molecule has 0 fully saturated rings. The minimum Gasteiger partial charge on any atom is -0.465 e. The third-order valence-corrected chi connectivity index (χ3v) is 3.17. The number of aromatic nitrogens is 1. The molecule has 0 radical (unpaired) electrons. The molecular formula is C15H11ClN2O3. The Morgan fingerprint density at radius 2 is 2.00 bits per heavy atom. The molecule has 0 saturated carbocycles. The number of nitrogens with zero attached hydrogens (tertiary/aromatic N) is 1. The largest absolute Gasteiger partial charge is 0.465 e. The molecule has 0 aliphatic heterocycles. The van der Waals surface area contributed by atoms with Gasteiger partial charge in [-0.15, -0.1) is 0 Å². The van der Waals surface area contributed by atoms with E-state index in [1.165, 1.54) is 7.11 Å². The van der Waals surface area contributed by atoms with Crippen molar-refractivity contribution in [2.45, 2.75) is 0 Å². The summed E-state index contributed by atoms with van der Waals surface area (Å²) in [5, 5.41) is 3.66. The summed E-state index contributed by atoms with van der Waals surface area (Å²) in [6.07, 6.45) is 0. The minimum atomic E-state index is -0.463. The molecule has 0 saturated heterocycles. The fourth-order valence-electron chi connectivity index (χ4n) is 1.93. The number of para-hydroxylation sites is 1. The summed E-state index contributed by atoms with van der Waals surface area (Å²) in [6.45, 7) is 0. The molecule has 0 amide bonds. The molecule has 106 valence electrons. The molecule has 3 aromatic rings. The van der Waals surface area contributed by atoms with E-state index < -0.39 is 5.97 Å². The van der Waals surface area contributed by atoms with Gasteiger partial charge in [-0.1, -0.05) is 17.7 Å². The lowest BCUT2D eigenvalue weighted by atomic mass is 10.2. The zero-order valence-corrected chi connectivity index (χ0v) is 11.8. The van der Waals surface area contributed by atoms with Gasteiger partial charge in [-0.25, -0.2) is 4.79 Å². The first-order chi connectivity index (χ1) is 10.2. The number of methoxy groups -OCH3 is 1. The highest BCUT2D eigenvalue weighted by atomic mass is 35.5. The molecule has 5 nitrogen and oxygen atoms in total. The Balaban J connectivity index is 1.97. The summed E-state index contributed by atoms with van der Waals surface area (Å²) >= 11 is 5.83. The third kappa shape index (κ3) is 2.68. The van der Waals surface area contributed by atoms with Crippen molar-refractivity contribution < 1.29 is 13.9 Å². The van der Waals surface area contributed by atoms with Crippen LogP contribution in [-0.4, -0.2) is 18.1 Å². The molecule has 3 rings (SSSR count). The van der Waals surface area contributed by atoms with Crippen molar-refractivity contribution >= 4 is 40.4 Å². The van der Waals surface area contributed by atoms with Crippen LogP contribution in [0.5, 0.6) is 0 Å². The number of hydrogen-bond acceptors (Lipinski definition) is 5. The van der Waals surface area contributed by atoms with Crippen molar-refractivity contribution in [1.82, 2.24) is 4.98 Å². The van der Waals surface area contributed by atoms with Crippen LogP contribution in [0.15, 0.2) is 46.9 Å². The summed E-state index contributed by atoms with van der Waals surface area (Å²) in [7, 11) is 1.32. The van der Waals surface area contributed by atoms with Crippen LogP contribution < -0.4 is 5.32 Å². The molecule has 6 heteroatoms. The van der Waals surface area contributed by atoms with Gasteiger partial charge in [0.2, 0.25) is 0 Å². The molecular weight excluding hydrogens is 292 g/mol. The Hall–Kier alpha value is -2.53. The molecule has 1 heterocycles. The number of esters is 1. The fourth-order valence-corrected chi connectivity index (χ4v) is 2.06. The number of benzene rings is 2. The van der Waals surface area contributed by atoms with Gasteiger partial charge < -0.3 is 14.5 Å². The number of oxazole rings is 1. The molecule has 0 aliphatic carbocycles. The van der Waals surface area contributed by atoms with Gasteiger partial charge in [0.25, 0.3) is 6.01 Å². The van der Waals surface area contributed by atoms with E-state index in [0.717, 1.165) is 5.69 Å². The van der Waals surface area contributed by atoms with Crippen LogP contribution in [0.1, 0.15) is 10.4 Å². The highest BCUT2D eigenvalue weighted by Gasteiger charge is 2.15. The normalized spacial score (nSPS) is 10.6. The molecule has 0 atom stereocenters. The second-order valence-corrected chi connectivity index (χ2v) is 4.73. The van der Waals surface area contributed by atoms with Crippen LogP contribution in [0.4, 0.5) is 11.7 Å². The van der Waals surface area contributed by atoms with Gasteiger partial charge in [0.15, 0.2) is 5.58 Å². The Labute approximate surface area is 125 Å². The second kappa shape index (κ2) is 5.46. The molecule has 1 aromatic heterocycles. The molecule has 0 unspecified atom stereocenters. The van der Waals surface area contributed by atoms with E-state index in [9.17, 15) is 4.79 Å². The molecule has 2 aromatic carbocycles. The zero-order chi connectivity index (χ0) is 14.8. The fraction of sp³-hybridized carbons (Fsp3) is 0.0667. The summed E-state index contributed by atoms with van der Waals surface area (Å²) in [6, 6.07) is 12.5. The van der Waals surface area contributed by atoms with E-state index in [2.05, 4.69) is 10.3 Å². The van der Waals surface area contributed by atoms with Crippen LogP contribution in [-0.2, 0) is 4.74 Å². The number of halogens is 1. The van der Waals surface area contributed by atoms with Crippen LogP contribution >= 0.6 is 11.6 Å². The van der Waals surface area contributed by atoms with E-state index in [-0.39, 0.29) is 0 Å². The first kappa shape index (κ1) is 13.5. The first-order valence-corrected chi connectivity index (χ1v) is 6.55. The van der Waals surface area contributed by atoms with Gasteiger partial charge in [-0.2, -0.15) is 4.98 Å². The van der Waals surface area contributed by atoms with Crippen molar-refractivity contribution in [1.29, 1.82) is 0 Å². The van der Waals surface area contributed by atoms with Crippen LogP contribution in [0.3, 0.4) is 0 Å². The van der Waals surface area contributed by atoms with Gasteiger partial charge in [0.1, 0.15) is 11.1 Å². The van der Waals surface area contributed by atoms with Crippen molar-refractivity contribution in [3.05, 3.63) is 53.1 Å². The molecule has 0 aliphatic rings. The lowest BCUT2D eigenvalue weighted by Crippen LogP contribution is -2.00. The quantitative estimate of drug-likeness (QED) is 0.740. The third-order valence-electron chi connectivity index (χ3n) is 2.92. The maximum atomic E-state index is 11.7. The number of carbonyl (C=O) groups excluding carboxylic acids is 1. The Bertz CT molecular complexity index is 796. The van der Waals surface area contributed by atoms with E-state index in [1.807, 2.05) is 0 Å². The molecule has 1 N–H and O–H groups in total. The zero-order valence-electron chi connectivity index (χ0n) is 11.1. The maximum absolute atomic E-state index is 11.7. The molecule has 0 bridgehead atoms. The average Bonchev–Trinajstić information content (AvgIpc) is 2.91. The summed E-state index contributed by atoms with van der Waals surface area (Å²) < 4.78 is 10.3. The summed E-state index contributed by atoms with van der Waals surface area (Å²) in [5.41, 5.74) is 2.09. The molecule has 21 heavy (non-hydrogen) atoms. The smallest absolute Gasteiger partial charge is 0.341 e. The van der Waals surface area contributed by atoms with E-state index in [1.54, 1.807) is 42.5 Å². The average molecular weight is 303 g/mol. The van der Waals surface area contributed by atoms with Crippen LogP contribution in [0, 0.1) is 0 Å². The van der Waals surface area contributed by atoms with Crippen molar-refractivity contribution in [3.63, 3.8) is 0 Å². The number of ether oxygens (including phenoxy) is 1. The van der Waals surface area contributed by atoms with Gasteiger partial charge in [-0.3, -0.25) is 0 Å². The number of hydrogen-bond donors (Lipinski definition) is 1. The number of fused-ring (bicyclic) bond motifs is 1. The first-order valence-electron chi connectivity index (χ1n) is 6.18. The van der Waals surface area contributed by atoms with E-state index in [0.29, 0.717) is 27.7 Å². The number of anilines is 2. The summed E-state index contributed by atoms with van der Waals surface area (Å²) in [5.74, 6) is -0.463. The van der Waals surface area contributed by atoms with Gasteiger partial charge >= 0.3 is 5.97 Å². The predicted octanol–water partition coefficient (Wildman–Crippen LogP) is 4.01. The maximum Gasteiger partial charge on any atom is 0.341 e. The standard InChI is InChI=1S/C15H11ClN2O3/c1-20-14(19)11-3-2-4-12-13(11)21-15(18-12)17-10-7-5-9(16)6-8-10/h2-8H,1H3,(H,17,18). The highest BCUT2D eigenvalue weighted by molar-refractivity contribution is 6.30. The highest BCUT2D eigenvalue weighted by Crippen LogP contribution is 2.25. The predicted molar refractivity (Wildman–Crippen MR) is 80.1 cm³/mol. The SMILES string of the molecule is COC(=O)c1cccc2nc(Nc3ccc(Cl)cc3)oc12. The second-order valence-electron chi connectivity index (χ2n) is 4.30. The van der Waals surface area contributed by atoms with Gasteiger partial charge in [-0.05, 0) is 36.4 Å². The minimum absolute atomic E-state index is 0.295. The van der Waals surface area contributed by atoms with Crippen LogP contribution in [0.2, 0.25) is 5.02 Å². The van der Waals surface area contributed by atoms with Gasteiger partial charge in [0, 0.05) is 10.7 Å². The Morgan fingerprint density at radius 3 is 2.71 bits per heavy atom.